The first-order valence-corrected chi connectivity index (χ1v) is 7.04. The molecule has 1 saturated heterocycles. The second-order valence-corrected chi connectivity index (χ2v) is 5.12. The summed E-state index contributed by atoms with van der Waals surface area (Å²) >= 11 is 0. The van der Waals surface area contributed by atoms with Crippen LogP contribution in [0.15, 0.2) is 18.2 Å². The predicted octanol–water partition coefficient (Wildman–Crippen LogP) is 3.17. The number of ether oxygens (including phenoxy) is 1. The molecule has 1 amide bonds. The molecule has 1 aliphatic heterocycles. The summed E-state index contributed by atoms with van der Waals surface area (Å²) < 4.78 is 18.3. The number of piperidine rings is 1. The fraction of sp³-hybridized carbons (Fsp3) is 0.533. The zero-order valence-electron chi connectivity index (χ0n) is 12.0. The van der Waals surface area contributed by atoms with Gasteiger partial charge < -0.3 is 15.0 Å². The standard InChI is InChI=1S/C15H21FN2O2/c1-3-20-15(19)18-6-4-13(5-7-18)17-14-9-11(2)8-12(16)10-14/h8-10,13,17H,3-7H2,1-2H3. The number of carbonyl (C=O) groups excluding carboxylic acids is 1. The summed E-state index contributed by atoms with van der Waals surface area (Å²) in [5, 5.41) is 3.34. The molecular weight excluding hydrogens is 259 g/mol. The Morgan fingerprint density at radius 3 is 2.70 bits per heavy atom. The SMILES string of the molecule is CCOC(=O)N1CCC(Nc2cc(C)cc(F)c2)CC1. The Hall–Kier alpha value is -1.78. The molecule has 0 radical (unpaired) electrons. The Kier molecular flexibility index (Phi) is 4.82. The van der Waals surface area contributed by atoms with E-state index in [0.717, 1.165) is 24.1 Å². The van der Waals surface area contributed by atoms with Crippen molar-refractivity contribution < 1.29 is 13.9 Å². The lowest BCUT2D eigenvalue weighted by atomic mass is 10.0. The zero-order valence-corrected chi connectivity index (χ0v) is 12.0. The van der Waals surface area contributed by atoms with Crippen LogP contribution in [0.1, 0.15) is 25.3 Å². The molecule has 110 valence electrons. The highest BCUT2D eigenvalue weighted by molar-refractivity contribution is 5.67. The normalized spacial score (nSPS) is 16.1. The van der Waals surface area contributed by atoms with Gasteiger partial charge in [-0.25, -0.2) is 9.18 Å². The van der Waals surface area contributed by atoms with Crippen LogP contribution in [0.5, 0.6) is 0 Å². The quantitative estimate of drug-likeness (QED) is 0.924. The van der Waals surface area contributed by atoms with E-state index in [1.165, 1.54) is 12.1 Å². The first-order chi connectivity index (χ1) is 9.58. The summed E-state index contributed by atoms with van der Waals surface area (Å²) in [5.74, 6) is -0.226. The van der Waals surface area contributed by atoms with Gasteiger partial charge in [0.1, 0.15) is 5.82 Å². The van der Waals surface area contributed by atoms with Crippen LogP contribution in [0.3, 0.4) is 0 Å². The van der Waals surface area contributed by atoms with Crippen LogP contribution in [0.4, 0.5) is 14.9 Å². The average molecular weight is 280 g/mol. The van der Waals surface area contributed by atoms with E-state index in [2.05, 4.69) is 5.32 Å². The number of halogens is 1. The van der Waals surface area contributed by atoms with Gasteiger partial charge in [-0.05, 0) is 50.5 Å². The van der Waals surface area contributed by atoms with Crippen LogP contribution >= 0.6 is 0 Å². The van der Waals surface area contributed by atoms with Crippen LogP contribution in [0, 0.1) is 12.7 Å². The van der Waals surface area contributed by atoms with E-state index in [1.807, 2.05) is 13.0 Å². The van der Waals surface area contributed by atoms with Crippen molar-refractivity contribution in [3.8, 4) is 0 Å². The molecule has 0 bridgehead atoms. The second kappa shape index (κ2) is 6.59. The number of hydrogen-bond acceptors (Lipinski definition) is 3. The van der Waals surface area contributed by atoms with Crippen molar-refractivity contribution in [1.29, 1.82) is 0 Å². The number of amides is 1. The fourth-order valence-corrected chi connectivity index (χ4v) is 2.48. The third-order valence-corrected chi connectivity index (χ3v) is 3.43. The number of carbonyl (C=O) groups is 1. The topological polar surface area (TPSA) is 41.6 Å². The second-order valence-electron chi connectivity index (χ2n) is 5.12. The third-order valence-electron chi connectivity index (χ3n) is 3.43. The van der Waals surface area contributed by atoms with Crippen LogP contribution in [0.2, 0.25) is 0 Å². The lowest BCUT2D eigenvalue weighted by Crippen LogP contribution is -2.42. The van der Waals surface area contributed by atoms with Crippen molar-refractivity contribution in [2.75, 3.05) is 25.0 Å². The Morgan fingerprint density at radius 2 is 2.10 bits per heavy atom. The molecule has 0 aliphatic carbocycles. The van der Waals surface area contributed by atoms with Gasteiger partial charge in [0.2, 0.25) is 0 Å². The zero-order chi connectivity index (χ0) is 14.5. The van der Waals surface area contributed by atoms with E-state index >= 15 is 0 Å². The summed E-state index contributed by atoms with van der Waals surface area (Å²) in [6, 6.07) is 5.21. The molecule has 0 atom stereocenters. The summed E-state index contributed by atoms with van der Waals surface area (Å²) in [4.78, 5) is 13.3. The van der Waals surface area contributed by atoms with E-state index in [0.29, 0.717) is 19.7 Å². The van der Waals surface area contributed by atoms with Crippen molar-refractivity contribution in [3.63, 3.8) is 0 Å². The fourth-order valence-electron chi connectivity index (χ4n) is 2.48. The van der Waals surface area contributed by atoms with Gasteiger partial charge in [0.15, 0.2) is 0 Å². The van der Waals surface area contributed by atoms with E-state index in [1.54, 1.807) is 11.8 Å². The summed E-state index contributed by atoms with van der Waals surface area (Å²) in [6.07, 6.45) is 1.44. The third kappa shape index (κ3) is 3.85. The lowest BCUT2D eigenvalue weighted by molar-refractivity contribution is 0.0983. The van der Waals surface area contributed by atoms with Crippen molar-refractivity contribution >= 4 is 11.8 Å². The van der Waals surface area contributed by atoms with E-state index in [4.69, 9.17) is 4.74 Å². The minimum Gasteiger partial charge on any atom is -0.450 e. The first-order valence-electron chi connectivity index (χ1n) is 7.04. The Morgan fingerprint density at radius 1 is 1.40 bits per heavy atom. The Labute approximate surface area is 118 Å². The molecule has 0 saturated carbocycles. The minimum absolute atomic E-state index is 0.226. The number of nitrogens with zero attached hydrogens (tertiary/aromatic N) is 1. The van der Waals surface area contributed by atoms with Crippen molar-refractivity contribution in [2.45, 2.75) is 32.7 Å². The molecule has 5 heteroatoms. The van der Waals surface area contributed by atoms with E-state index < -0.39 is 0 Å². The van der Waals surface area contributed by atoms with Gasteiger partial charge in [0.25, 0.3) is 0 Å². The smallest absolute Gasteiger partial charge is 0.409 e. The Bertz CT molecular complexity index is 451. The monoisotopic (exact) mass is 280 g/mol. The lowest BCUT2D eigenvalue weighted by Gasteiger charge is -2.32. The molecule has 1 aliphatic rings. The van der Waals surface area contributed by atoms with Crippen LogP contribution in [-0.4, -0.2) is 36.7 Å². The maximum absolute atomic E-state index is 13.3. The van der Waals surface area contributed by atoms with Crippen molar-refractivity contribution in [2.24, 2.45) is 0 Å². The molecule has 1 aromatic carbocycles. The average Bonchev–Trinajstić information content (AvgIpc) is 2.38. The van der Waals surface area contributed by atoms with Gasteiger partial charge in [-0.3, -0.25) is 0 Å². The number of nitrogens with one attached hydrogen (secondary N) is 1. The highest BCUT2D eigenvalue weighted by atomic mass is 19.1. The number of hydrogen-bond donors (Lipinski definition) is 1. The first kappa shape index (κ1) is 14.6. The number of likely N-dealkylation sites (tertiary alicyclic amines) is 1. The van der Waals surface area contributed by atoms with E-state index in [9.17, 15) is 9.18 Å². The van der Waals surface area contributed by atoms with Gasteiger partial charge >= 0.3 is 6.09 Å². The highest BCUT2D eigenvalue weighted by Crippen LogP contribution is 2.19. The molecule has 0 unspecified atom stereocenters. The molecule has 4 nitrogen and oxygen atoms in total. The van der Waals surface area contributed by atoms with Gasteiger partial charge in [-0.1, -0.05) is 0 Å². The number of anilines is 1. The molecule has 1 aromatic rings. The van der Waals surface area contributed by atoms with Crippen LogP contribution in [-0.2, 0) is 4.74 Å². The summed E-state index contributed by atoms with van der Waals surface area (Å²) in [7, 11) is 0. The van der Waals surface area contributed by atoms with Crippen molar-refractivity contribution in [3.05, 3.63) is 29.6 Å². The van der Waals surface area contributed by atoms with Crippen LogP contribution in [0.25, 0.3) is 0 Å². The number of benzene rings is 1. The molecule has 0 aromatic heterocycles. The van der Waals surface area contributed by atoms with E-state index in [-0.39, 0.29) is 18.0 Å². The summed E-state index contributed by atoms with van der Waals surface area (Å²) in [6.45, 7) is 5.42. The highest BCUT2D eigenvalue weighted by Gasteiger charge is 2.23. The molecule has 1 fully saturated rings. The maximum Gasteiger partial charge on any atom is 0.409 e. The maximum atomic E-state index is 13.3. The van der Waals surface area contributed by atoms with Gasteiger partial charge in [-0.15, -0.1) is 0 Å². The largest absolute Gasteiger partial charge is 0.450 e. The molecule has 0 spiro atoms. The molecule has 2 rings (SSSR count). The van der Waals surface area contributed by atoms with Gasteiger partial charge in [0, 0.05) is 24.8 Å². The molecule has 1 N–H and O–H groups in total. The molecular formula is C15H21FN2O2. The van der Waals surface area contributed by atoms with Gasteiger partial charge in [-0.2, -0.15) is 0 Å². The Balaban J connectivity index is 1.86. The van der Waals surface area contributed by atoms with Gasteiger partial charge in [0.05, 0.1) is 6.61 Å². The molecule has 1 heterocycles. The molecule has 20 heavy (non-hydrogen) atoms. The summed E-state index contributed by atoms with van der Waals surface area (Å²) in [5.41, 5.74) is 1.70. The predicted molar refractivity (Wildman–Crippen MR) is 76.4 cm³/mol. The minimum atomic E-state index is -0.243. The van der Waals surface area contributed by atoms with Crippen molar-refractivity contribution in [1.82, 2.24) is 4.90 Å². The van der Waals surface area contributed by atoms with Crippen LogP contribution < -0.4 is 5.32 Å². The number of aryl methyl sites for hydroxylation is 1. The number of rotatable bonds is 3.